The average molecular weight is 495 g/mol. The number of oxime groups is 2. The summed E-state index contributed by atoms with van der Waals surface area (Å²) in [5.74, 6) is -0.0937. The molecule has 12 heteroatoms. The van der Waals surface area contributed by atoms with Crippen LogP contribution in [0.25, 0.3) is 5.69 Å². The van der Waals surface area contributed by atoms with Crippen LogP contribution in [-0.4, -0.2) is 41.7 Å². The van der Waals surface area contributed by atoms with Gasteiger partial charge < -0.3 is 19.1 Å². The van der Waals surface area contributed by atoms with Gasteiger partial charge in [-0.1, -0.05) is 41.0 Å². The third-order valence-corrected chi connectivity index (χ3v) is 4.89. The van der Waals surface area contributed by atoms with E-state index in [1.54, 1.807) is 24.3 Å². The van der Waals surface area contributed by atoms with E-state index in [0.29, 0.717) is 22.8 Å². The Kier molecular flexibility index (Phi) is 6.92. The number of nitrogens with zero attached hydrogens (tertiary/aromatic N) is 4. The molecule has 0 radical (unpaired) electrons. The van der Waals surface area contributed by atoms with Gasteiger partial charge in [-0.15, -0.1) is 5.10 Å². The van der Waals surface area contributed by atoms with Crippen molar-refractivity contribution in [1.82, 2.24) is 9.78 Å². The molecule has 34 heavy (non-hydrogen) atoms. The van der Waals surface area contributed by atoms with Gasteiger partial charge in [0.25, 0.3) is 5.90 Å². The second-order valence-electron chi connectivity index (χ2n) is 6.90. The first-order valence-electron chi connectivity index (χ1n) is 9.95. The summed E-state index contributed by atoms with van der Waals surface area (Å²) in [5, 5.41) is 12.2. The molecule has 3 aromatic rings. The van der Waals surface area contributed by atoms with Gasteiger partial charge in [-0.2, -0.15) is 13.2 Å². The standard InChI is InChI=1S/C22H18ClF3N4O4/c1-31-28-20(21-29-34-11-10-32-21)17-5-3-2-4-14(17)13-33-19-12-18(22(24,25)26)30(27-19)16-8-6-15(23)7-9-16/h2-9,12H,10-11,13H2,1H3/b28-20-. The zero-order valence-electron chi connectivity index (χ0n) is 17.8. The van der Waals surface area contributed by atoms with Crippen molar-refractivity contribution >= 4 is 23.2 Å². The van der Waals surface area contributed by atoms with Gasteiger partial charge in [0.15, 0.2) is 18.0 Å². The highest BCUT2D eigenvalue weighted by Crippen LogP contribution is 2.34. The number of ether oxygens (including phenoxy) is 2. The summed E-state index contributed by atoms with van der Waals surface area (Å²) in [4.78, 5) is 9.99. The molecule has 2 aromatic carbocycles. The van der Waals surface area contributed by atoms with E-state index in [2.05, 4.69) is 15.4 Å². The van der Waals surface area contributed by atoms with Crippen LogP contribution in [0.1, 0.15) is 16.8 Å². The van der Waals surface area contributed by atoms with E-state index in [-0.39, 0.29) is 36.4 Å². The van der Waals surface area contributed by atoms with Crippen molar-refractivity contribution in [2.45, 2.75) is 12.8 Å². The summed E-state index contributed by atoms with van der Waals surface area (Å²) < 4.78 is 52.8. The minimum atomic E-state index is -4.65. The van der Waals surface area contributed by atoms with Gasteiger partial charge in [0.2, 0.25) is 5.88 Å². The van der Waals surface area contributed by atoms with Gasteiger partial charge in [0, 0.05) is 16.7 Å². The molecule has 1 aliphatic heterocycles. The normalized spacial score (nSPS) is 14.1. The topological polar surface area (TPSA) is 79.5 Å². The Labute approximate surface area is 197 Å². The molecular weight excluding hydrogens is 477 g/mol. The summed E-state index contributed by atoms with van der Waals surface area (Å²) in [5.41, 5.74) is 0.589. The molecule has 1 aliphatic rings. The lowest BCUT2D eigenvalue weighted by Gasteiger charge is -2.16. The summed E-state index contributed by atoms with van der Waals surface area (Å²) in [6, 6.07) is 13.6. The molecule has 8 nitrogen and oxygen atoms in total. The third kappa shape index (κ3) is 5.25. The maximum Gasteiger partial charge on any atom is 0.433 e. The van der Waals surface area contributed by atoms with Crippen molar-refractivity contribution in [3.63, 3.8) is 0 Å². The molecule has 0 spiro atoms. The lowest BCUT2D eigenvalue weighted by atomic mass is 10.0. The monoisotopic (exact) mass is 494 g/mol. The molecule has 4 rings (SSSR count). The molecule has 0 atom stereocenters. The highest BCUT2D eigenvalue weighted by Gasteiger charge is 2.37. The summed E-state index contributed by atoms with van der Waals surface area (Å²) in [6.07, 6.45) is -4.65. The number of aromatic nitrogens is 2. The number of alkyl halides is 3. The Balaban J connectivity index is 1.63. The Morgan fingerprint density at radius 2 is 1.91 bits per heavy atom. The second kappa shape index (κ2) is 10.0. The smallest absolute Gasteiger partial charge is 0.433 e. The van der Waals surface area contributed by atoms with Gasteiger partial charge in [-0.05, 0) is 35.0 Å². The largest absolute Gasteiger partial charge is 0.472 e. The van der Waals surface area contributed by atoms with E-state index < -0.39 is 11.9 Å². The van der Waals surface area contributed by atoms with E-state index >= 15 is 0 Å². The number of hydrogen-bond acceptors (Lipinski definition) is 7. The Morgan fingerprint density at radius 1 is 1.15 bits per heavy atom. The Hall–Kier alpha value is -3.73. The van der Waals surface area contributed by atoms with Gasteiger partial charge in [-0.25, -0.2) is 4.68 Å². The van der Waals surface area contributed by atoms with Crippen LogP contribution < -0.4 is 4.74 Å². The minimum absolute atomic E-state index is 0.109. The Morgan fingerprint density at radius 3 is 2.59 bits per heavy atom. The van der Waals surface area contributed by atoms with Crippen molar-refractivity contribution in [2.24, 2.45) is 10.3 Å². The number of halogens is 4. The number of hydrogen-bond donors (Lipinski definition) is 0. The quantitative estimate of drug-likeness (QED) is 0.347. The van der Waals surface area contributed by atoms with Crippen molar-refractivity contribution in [1.29, 1.82) is 0 Å². The maximum atomic E-state index is 13.6. The molecule has 0 bridgehead atoms. The average Bonchev–Trinajstić information content (AvgIpc) is 3.28. The fourth-order valence-electron chi connectivity index (χ4n) is 3.15. The molecular formula is C22H18ClF3N4O4. The molecule has 0 amide bonds. The predicted octanol–water partition coefficient (Wildman–Crippen LogP) is 4.83. The maximum absolute atomic E-state index is 13.6. The first kappa shape index (κ1) is 23.4. The lowest BCUT2D eigenvalue weighted by Crippen LogP contribution is -2.26. The molecule has 0 aliphatic carbocycles. The molecule has 0 fully saturated rings. The van der Waals surface area contributed by atoms with Gasteiger partial charge in [0.05, 0.1) is 5.69 Å². The molecule has 0 unspecified atom stereocenters. The lowest BCUT2D eigenvalue weighted by molar-refractivity contribution is -0.142. The highest BCUT2D eigenvalue weighted by molar-refractivity contribution is 6.45. The van der Waals surface area contributed by atoms with E-state index in [1.807, 2.05) is 0 Å². The fourth-order valence-corrected chi connectivity index (χ4v) is 3.28. The molecule has 0 saturated heterocycles. The van der Waals surface area contributed by atoms with Crippen LogP contribution in [0.5, 0.6) is 5.88 Å². The van der Waals surface area contributed by atoms with Crippen LogP contribution in [-0.2, 0) is 27.2 Å². The first-order chi connectivity index (χ1) is 16.4. The molecule has 1 aromatic heterocycles. The fraction of sp³-hybridized carbons (Fsp3) is 0.227. The van der Waals surface area contributed by atoms with Crippen LogP contribution in [0, 0.1) is 0 Å². The second-order valence-corrected chi connectivity index (χ2v) is 7.34. The van der Waals surface area contributed by atoms with Crippen LogP contribution in [0.15, 0.2) is 64.9 Å². The summed E-state index contributed by atoms with van der Waals surface area (Å²) in [7, 11) is 1.37. The van der Waals surface area contributed by atoms with Crippen LogP contribution in [0.2, 0.25) is 5.02 Å². The third-order valence-electron chi connectivity index (χ3n) is 4.64. The summed E-state index contributed by atoms with van der Waals surface area (Å²) >= 11 is 5.85. The van der Waals surface area contributed by atoms with Crippen molar-refractivity contribution < 1.29 is 32.3 Å². The van der Waals surface area contributed by atoms with Gasteiger partial charge in [-0.3, -0.25) is 0 Å². The minimum Gasteiger partial charge on any atom is -0.472 e. The summed E-state index contributed by atoms with van der Waals surface area (Å²) in [6.45, 7) is 0.469. The van der Waals surface area contributed by atoms with E-state index in [9.17, 15) is 13.2 Å². The van der Waals surface area contributed by atoms with Crippen molar-refractivity contribution in [3.8, 4) is 11.6 Å². The number of benzene rings is 2. The predicted molar refractivity (Wildman–Crippen MR) is 117 cm³/mol. The molecule has 178 valence electrons. The highest BCUT2D eigenvalue weighted by atomic mass is 35.5. The first-order valence-corrected chi connectivity index (χ1v) is 10.3. The van der Waals surface area contributed by atoms with Crippen molar-refractivity contribution in [3.05, 3.63) is 76.4 Å². The van der Waals surface area contributed by atoms with Crippen LogP contribution in [0.3, 0.4) is 0 Å². The molecule has 0 saturated carbocycles. The van der Waals surface area contributed by atoms with E-state index in [1.165, 1.54) is 31.4 Å². The zero-order chi connectivity index (χ0) is 24.1. The molecule has 2 heterocycles. The van der Waals surface area contributed by atoms with Crippen LogP contribution >= 0.6 is 11.6 Å². The SMILES string of the molecule is CO/N=C(\C1=NOCCO1)c1ccccc1COc1cc(C(F)(F)F)n(-c2ccc(Cl)cc2)n1. The van der Waals surface area contributed by atoms with Crippen LogP contribution in [0.4, 0.5) is 13.2 Å². The van der Waals surface area contributed by atoms with Gasteiger partial charge in [0.1, 0.15) is 20.3 Å². The van der Waals surface area contributed by atoms with E-state index in [4.69, 9.17) is 30.7 Å². The zero-order valence-corrected chi connectivity index (χ0v) is 18.5. The Bertz CT molecular complexity index is 1210. The van der Waals surface area contributed by atoms with Crippen molar-refractivity contribution in [2.75, 3.05) is 20.3 Å². The van der Waals surface area contributed by atoms with E-state index in [0.717, 1.165) is 10.7 Å². The molecule has 0 N–H and O–H groups in total. The number of rotatable bonds is 7. The van der Waals surface area contributed by atoms with Gasteiger partial charge >= 0.3 is 6.18 Å².